The Morgan fingerprint density at radius 3 is 3.00 bits per heavy atom. The molecule has 0 aliphatic carbocycles. The molecular formula is C15H10BrNO3. The molecule has 5 heteroatoms. The topological polar surface area (TPSA) is 59.3 Å². The van der Waals surface area contributed by atoms with Gasteiger partial charge in [0, 0.05) is 16.5 Å². The molecule has 20 heavy (non-hydrogen) atoms. The van der Waals surface area contributed by atoms with E-state index >= 15 is 0 Å². The van der Waals surface area contributed by atoms with E-state index in [0.717, 1.165) is 20.8 Å². The van der Waals surface area contributed by atoms with Crippen molar-refractivity contribution in [2.45, 2.75) is 12.5 Å². The number of rotatable bonds is 1. The second-order valence-corrected chi connectivity index (χ2v) is 5.44. The highest BCUT2D eigenvalue weighted by molar-refractivity contribution is 9.10. The highest BCUT2D eigenvalue weighted by Gasteiger charge is 2.30. The Bertz CT molecular complexity index is 764. The molecule has 1 heterocycles. The highest BCUT2D eigenvalue weighted by Crippen LogP contribution is 2.39. The zero-order chi connectivity index (χ0) is 14.3. The van der Waals surface area contributed by atoms with Crippen LogP contribution >= 0.6 is 15.9 Å². The minimum absolute atomic E-state index is 0.367. The van der Waals surface area contributed by atoms with Crippen molar-refractivity contribution >= 4 is 32.7 Å². The fourth-order valence-electron chi connectivity index (χ4n) is 2.47. The first kappa shape index (κ1) is 12.9. The second kappa shape index (κ2) is 4.80. The van der Waals surface area contributed by atoms with E-state index in [9.17, 15) is 4.79 Å². The van der Waals surface area contributed by atoms with Gasteiger partial charge in [0.2, 0.25) is 0 Å². The van der Waals surface area contributed by atoms with E-state index in [1.807, 2.05) is 18.2 Å². The van der Waals surface area contributed by atoms with Crippen LogP contribution < -0.4 is 4.74 Å². The first-order valence-electron chi connectivity index (χ1n) is 6.03. The Morgan fingerprint density at radius 2 is 2.30 bits per heavy atom. The molecule has 0 N–H and O–H groups in total. The molecule has 1 unspecified atom stereocenters. The van der Waals surface area contributed by atoms with Crippen LogP contribution in [0.2, 0.25) is 0 Å². The Hall–Kier alpha value is -2.06. The number of nitrogens with zero attached hydrogens (tertiary/aromatic N) is 1. The normalized spacial score (nSPS) is 16.4. The predicted octanol–water partition coefficient (Wildman–Crippen LogP) is 3.22. The number of carbonyl (C=O) groups excluding carboxylic acids is 1. The Labute approximate surface area is 124 Å². The van der Waals surface area contributed by atoms with E-state index in [1.54, 1.807) is 6.07 Å². The monoisotopic (exact) mass is 331 g/mol. The van der Waals surface area contributed by atoms with E-state index in [1.165, 1.54) is 7.11 Å². The number of hydrogen-bond donors (Lipinski definition) is 0. The lowest BCUT2D eigenvalue weighted by Crippen LogP contribution is -2.10. The third-order valence-electron chi connectivity index (χ3n) is 3.36. The summed E-state index contributed by atoms with van der Waals surface area (Å²) in [5, 5.41) is 11.0. The zero-order valence-electron chi connectivity index (χ0n) is 10.6. The summed E-state index contributed by atoms with van der Waals surface area (Å²) >= 11 is 3.42. The molecular weight excluding hydrogens is 322 g/mol. The molecule has 2 aromatic rings. The number of hydrogen-bond acceptors (Lipinski definition) is 4. The van der Waals surface area contributed by atoms with Crippen LogP contribution in [0.15, 0.2) is 28.7 Å². The molecule has 100 valence electrons. The minimum atomic E-state index is -0.553. The van der Waals surface area contributed by atoms with Crippen molar-refractivity contribution in [3.8, 4) is 11.8 Å². The van der Waals surface area contributed by atoms with Crippen molar-refractivity contribution in [2.75, 3.05) is 7.11 Å². The molecule has 2 aromatic carbocycles. The largest absolute Gasteiger partial charge is 0.474 e. The summed E-state index contributed by atoms with van der Waals surface area (Å²) in [5.41, 5.74) is 1.26. The molecule has 1 aliphatic heterocycles. The molecule has 0 saturated carbocycles. The third kappa shape index (κ3) is 1.93. The number of fused-ring (bicyclic) bond motifs is 3. The summed E-state index contributed by atoms with van der Waals surface area (Å²) in [5.74, 6) is 0.0138. The Kier molecular flexibility index (Phi) is 3.11. The summed E-state index contributed by atoms with van der Waals surface area (Å²) in [6.07, 6.45) is -0.0721. The number of methoxy groups -OCH3 is 1. The number of benzene rings is 2. The van der Waals surface area contributed by atoms with Crippen molar-refractivity contribution in [3.05, 3.63) is 39.9 Å². The number of esters is 1. The molecule has 0 saturated heterocycles. The molecule has 4 nitrogen and oxygen atoms in total. The van der Waals surface area contributed by atoms with Crippen LogP contribution in [0.5, 0.6) is 5.75 Å². The maximum Gasteiger partial charge on any atom is 0.341 e. The van der Waals surface area contributed by atoms with Gasteiger partial charge < -0.3 is 9.47 Å². The summed E-state index contributed by atoms with van der Waals surface area (Å²) in [6.45, 7) is 0. The van der Waals surface area contributed by atoms with Crippen molar-refractivity contribution in [3.63, 3.8) is 0 Å². The lowest BCUT2D eigenvalue weighted by Gasteiger charge is -2.10. The molecule has 0 aromatic heterocycles. The maximum atomic E-state index is 11.9. The van der Waals surface area contributed by atoms with Crippen LogP contribution in [-0.2, 0) is 11.2 Å². The summed E-state index contributed by atoms with van der Waals surface area (Å²) in [4.78, 5) is 11.9. The standard InChI is InChI=1S/C15H10BrNO3/c1-19-15(18)13-5-8-4-9(16)2-3-11(8)12-6-10(7-17)20-14(12)13/h2-5,10H,6H2,1H3. The predicted molar refractivity (Wildman–Crippen MR) is 76.7 cm³/mol. The smallest absolute Gasteiger partial charge is 0.341 e. The molecule has 0 amide bonds. The second-order valence-electron chi connectivity index (χ2n) is 4.53. The Morgan fingerprint density at radius 1 is 1.50 bits per heavy atom. The number of carbonyl (C=O) groups is 1. The number of ether oxygens (including phenoxy) is 2. The summed E-state index contributed by atoms with van der Waals surface area (Å²) in [6, 6.07) is 9.65. The average molecular weight is 332 g/mol. The van der Waals surface area contributed by atoms with Crippen molar-refractivity contribution in [1.29, 1.82) is 5.26 Å². The van der Waals surface area contributed by atoms with Crippen molar-refractivity contribution in [1.82, 2.24) is 0 Å². The van der Waals surface area contributed by atoms with Gasteiger partial charge >= 0.3 is 5.97 Å². The van der Waals surface area contributed by atoms with E-state index < -0.39 is 12.1 Å². The maximum absolute atomic E-state index is 11.9. The Balaban J connectivity index is 2.31. The van der Waals surface area contributed by atoms with Crippen molar-refractivity contribution < 1.29 is 14.3 Å². The van der Waals surface area contributed by atoms with Crippen LogP contribution in [0, 0.1) is 11.3 Å². The summed E-state index contributed by atoms with van der Waals surface area (Å²) in [7, 11) is 1.33. The first-order chi connectivity index (χ1) is 9.63. The zero-order valence-corrected chi connectivity index (χ0v) is 12.2. The van der Waals surface area contributed by atoms with Gasteiger partial charge in [-0.25, -0.2) is 4.79 Å². The van der Waals surface area contributed by atoms with E-state index in [-0.39, 0.29) is 0 Å². The number of nitriles is 1. The molecule has 0 radical (unpaired) electrons. The van der Waals surface area contributed by atoms with Gasteiger partial charge in [-0.15, -0.1) is 0 Å². The van der Waals surface area contributed by atoms with Gasteiger partial charge in [0.05, 0.1) is 7.11 Å². The SMILES string of the molecule is COC(=O)c1cc2cc(Br)ccc2c2c1OC(C#N)C2. The molecule has 0 fully saturated rings. The van der Waals surface area contributed by atoms with Crippen LogP contribution in [-0.4, -0.2) is 19.2 Å². The van der Waals surface area contributed by atoms with Crippen molar-refractivity contribution in [2.24, 2.45) is 0 Å². The van der Waals surface area contributed by atoms with E-state index in [4.69, 9.17) is 14.7 Å². The average Bonchev–Trinajstić information content (AvgIpc) is 2.89. The van der Waals surface area contributed by atoms with Gasteiger partial charge in [0.1, 0.15) is 17.4 Å². The van der Waals surface area contributed by atoms with E-state index in [2.05, 4.69) is 22.0 Å². The molecule has 0 spiro atoms. The third-order valence-corrected chi connectivity index (χ3v) is 3.85. The fourth-order valence-corrected chi connectivity index (χ4v) is 2.85. The fraction of sp³-hybridized carbons (Fsp3) is 0.200. The van der Waals surface area contributed by atoms with Crippen LogP contribution in [0.4, 0.5) is 0 Å². The molecule has 1 aliphatic rings. The molecule has 1 atom stereocenters. The van der Waals surface area contributed by atoms with Gasteiger partial charge in [0.15, 0.2) is 6.10 Å². The van der Waals surface area contributed by atoms with Gasteiger partial charge in [-0.2, -0.15) is 5.26 Å². The number of halogens is 1. The lowest BCUT2D eigenvalue weighted by atomic mass is 9.98. The quantitative estimate of drug-likeness (QED) is 0.753. The van der Waals surface area contributed by atoms with Gasteiger partial charge in [0.25, 0.3) is 0 Å². The van der Waals surface area contributed by atoms with Gasteiger partial charge in [-0.05, 0) is 29.0 Å². The highest BCUT2D eigenvalue weighted by atomic mass is 79.9. The lowest BCUT2D eigenvalue weighted by molar-refractivity contribution is 0.0596. The van der Waals surface area contributed by atoms with Gasteiger partial charge in [-0.3, -0.25) is 0 Å². The van der Waals surface area contributed by atoms with Gasteiger partial charge in [-0.1, -0.05) is 22.0 Å². The van der Waals surface area contributed by atoms with Crippen LogP contribution in [0.25, 0.3) is 10.8 Å². The van der Waals surface area contributed by atoms with E-state index in [0.29, 0.717) is 17.7 Å². The molecule has 0 bridgehead atoms. The van der Waals surface area contributed by atoms with Crippen LogP contribution in [0.1, 0.15) is 15.9 Å². The molecule has 3 rings (SSSR count). The van der Waals surface area contributed by atoms with Crippen LogP contribution in [0.3, 0.4) is 0 Å². The minimum Gasteiger partial charge on any atom is -0.474 e. The summed E-state index contributed by atoms with van der Waals surface area (Å²) < 4.78 is 11.3. The first-order valence-corrected chi connectivity index (χ1v) is 6.83.